The first-order chi connectivity index (χ1) is 9.83. The molecule has 3 heteroatoms. The normalized spacial score (nSPS) is 23.1. The van der Waals surface area contributed by atoms with Crippen LogP contribution in [0, 0.1) is 0 Å². The second-order valence-corrected chi connectivity index (χ2v) is 6.20. The highest BCUT2D eigenvalue weighted by Crippen LogP contribution is 2.29. The van der Waals surface area contributed by atoms with Gasteiger partial charge in [-0.3, -0.25) is 4.79 Å². The van der Waals surface area contributed by atoms with E-state index in [9.17, 15) is 4.79 Å². The van der Waals surface area contributed by atoms with Crippen LogP contribution >= 0.6 is 0 Å². The molecule has 2 N–H and O–H groups in total. The summed E-state index contributed by atoms with van der Waals surface area (Å²) in [4.78, 5) is 13.7. The third-order valence-corrected chi connectivity index (χ3v) is 4.68. The largest absolute Gasteiger partial charge is 0.344 e. The Bertz CT molecular complexity index is 466. The van der Waals surface area contributed by atoms with Crippen molar-refractivity contribution in [3.8, 4) is 0 Å². The van der Waals surface area contributed by atoms with Crippen molar-refractivity contribution in [1.82, 2.24) is 5.32 Å². The zero-order valence-electron chi connectivity index (χ0n) is 12.2. The van der Waals surface area contributed by atoms with Crippen molar-refractivity contribution in [1.29, 1.82) is 0 Å². The monoisotopic (exact) mass is 273 g/mol. The second-order valence-electron chi connectivity index (χ2n) is 6.20. The van der Waals surface area contributed by atoms with Crippen molar-refractivity contribution in [2.45, 2.75) is 44.6 Å². The third-order valence-electron chi connectivity index (χ3n) is 4.68. The fraction of sp³-hybridized carbons (Fsp3) is 0.588. The van der Waals surface area contributed by atoms with Crippen LogP contribution in [0.3, 0.4) is 0 Å². The van der Waals surface area contributed by atoms with E-state index in [0.29, 0.717) is 6.54 Å². The average molecular weight is 273 g/mol. The van der Waals surface area contributed by atoms with Crippen LogP contribution in [0.5, 0.6) is 0 Å². The van der Waals surface area contributed by atoms with Gasteiger partial charge in [0.2, 0.25) is 0 Å². The van der Waals surface area contributed by atoms with Crippen molar-refractivity contribution in [2.75, 3.05) is 19.6 Å². The number of carbonyl (C=O) groups is 1. The number of piperidine rings is 1. The van der Waals surface area contributed by atoms with Gasteiger partial charge < -0.3 is 10.2 Å². The summed E-state index contributed by atoms with van der Waals surface area (Å²) < 4.78 is 0. The maximum atomic E-state index is 12.3. The number of aryl methyl sites for hydroxylation is 1. The van der Waals surface area contributed by atoms with Gasteiger partial charge in [0.15, 0.2) is 6.54 Å². The Balaban J connectivity index is 1.59. The predicted molar refractivity (Wildman–Crippen MR) is 79.7 cm³/mol. The number of quaternary nitrogens is 1. The van der Waals surface area contributed by atoms with Crippen LogP contribution in [0.1, 0.15) is 49.3 Å². The van der Waals surface area contributed by atoms with E-state index in [0.717, 1.165) is 25.9 Å². The first-order valence-electron chi connectivity index (χ1n) is 8.03. The number of hydrogen-bond donors (Lipinski definition) is 2. The Kier molecular flexibility index (Phi) is 4.36. The Morgan fingerprint density at radius 1 is 1.15 bits per heavy atom. The lowest BCUT2D eigenvalue weighted by atomic mass is 9.88. The summed E-state index contributed by atoms with van der Waals surface area (Å²) in [5, 5.41) is 3.26. The average Bonchev–Trinajstić information content (AvgIpc) is 2.48. The molecule has 1 amide bonds. The van der Waals surface area contributed by atoms with Crippen molar-refractivity contribution >= 4 is 5.91 Å². The maximum absolute atomic E-state index is 12.3. The lowest BCUT2D eigenvalue weighted by molar-refractivity contribution is -0.896. The molecule has 0 spiro atoms. The van der Waals surface area contributed by atoms with Crippen molar-refractivity contribution in [3.05, 3.63) is 35.4 Å². The minimum Gasteiger partial charge on any atom is -0.344 e. The van der Waals surface area contributed by atoms with E-state index in [1.54, 1.807) is 0 Å². The number of amides is 1. The third kappa shape index (κ3) is 3.21. The SMILES string of the molecule is O=C(C[NH+]1CCCCC1)N[C@@H]1CCCc2ccccc21. The molecule has 2 aliphatic rings. The van der Waals surface area contributed by atoms with Crippen LogP contribution < -0.4 is 10.2 Å². The lowest BCUT2D eigenvalue weighted by Crippen LogP contribution is -3.13. The zero-order valence-corrected chi connectivity index (χ0v) is 12.2. The van der Waals surface area contributed by atoms with E-state index in [2.05, 4.69) is 29.6 Å². The van der Waals surface area contributed by atoms with E-state index in [1.807, 2.05) is 0 Å². The van der Waals surface area contributed by atoms with E-state index >= 15 is 0 Å². The van der Waals surface area contributed by atoms with Gasteiger partial charge in [-0.2, -0.15) is 0 Å². The molecule has 1 atom stereocenters. The quantitative estimate of drug-likeness (QED) is 0.854. The highest BCUT2D eigenvalue weighted by Gasteiger charge is 2.23. The van der Waals surface area contributed by atoms with E-state index < -0.39 is 0 Å². The fourth-order valence-electron chi connectivity index (χ4n) is 3.60. The van der Waals surface area contributed by atoms with Crippen LogP contribution in [0.2, 0.25) is 0 Å². The van der Waals surface area contributed by atoms with E-state index in [4.69, 9.17) is 0 Å². The molecule has 0 aromatic heterocycles. The van der Waals surface area contributed by atoms with Gasteiger partial charge in [0, 0.05) is 0 Å². The number of rotatable bonds is 3. The Morgan fingerprint density at radius 2 is 1.95 bits per heavy atom. The summed E-state index contributed by atoms with van der Waals surface area (Å²) >= 11 is 0. The molecule has 3 nitrogen and oxygen atoms in total. The zero-order chi connectivity index (χ0) is 13.8. The van der Waals surface area contributed by atoms with Crippen molar-refractivity contribution < 1.29 is 9.69 Å². The molecule has 1 aliphatic carbocycles. The van der Waals surface area contributed by atoms with Crippen molar-refractivity contribution in [2.24, 2.45) is 0 Å². The Labute approximate surface area is 121 Å². The van der Waals surface area contributed by atoms with Crippen LogP contribution in [-0.4, -0.2) is 25.5 Å². The number of hydrogen-bond acceptors (Lipinski definition) is 1. The summed E-state index contributed by atoms with van der Waals surface area (Å²) in [7, 11) is 0. The number of carbonyl (C=O) groups excluding carboxylic acids is 1. The Morgan fingerprint density at radius 3 is 2.80 bits per heavy atom. The standard InChI is InChI=1S/C17H24N2O/c20-17(13-19-11-4-1-5-12-19)18-16-10-6-8-14-7-2-3-9-15(14)16/h2-3,7,9,16H,1,4-6,8,10-13H2,(H,18,20)/p+1/t16-/m1/s1. The molecule has 0 radical (unpaired) electrons. The van der Waals surface area contributed by atoms with Crippen LogP contribution in [0.25, 0.3) is 0 Å². The molecule has 1 aromatic rings. The number of nitrogens with one attached hydrogen (secondary N) is 2. The van der Waals surface area contributed by atoms with Gasteiger partial charge in [-0.05, 0) is 49.7 Å². The molecule has 0 bridgehead atoms. The van der Waals surface area contributed by atoms with Gasteiger partial charge in [0.05, 0.1) is 19.1 Å². The molecular formula is C17H25N2O+. The number of likely N-dealkylation sites (tertiary alicyclic amines) is 1. The molecule has 0 saturated carbocycles. The van der Waals surface area contributed by atoms with Gasteiger partial charge >= 0.3 is 0 Å². The summed E-state index contributed by atoms with van der Waals surface area (Å²) in [5.41, 5.74) is 2.75. The molecule has 1 aliphatic heterocycles. The minimum absolute atomic E-state index is 0.226. The molecular weight excluding hydrogens is 248 g/mol. The van der Waals surface area contributed by atoms with Gasteiger partial charge in [-0.1, -0.05) is 24.3 Å². The maximum Gasteiger partial charge on any atom is 0.275 e. The van der Waals surface area contributed by atoms with Crippen LogP contribution in [-0.2, 0) is 11.2 Å². The molecule has 1 fully saturated rings. The molecule has 3 rings (SSSR count). The Hall–Kier alpha value is -1.35. The topological polar surface area (TPSA) is 33.5 Å². The summed E-state index contributed by atoms with van der Waals surface area (Å²) in [5.74, 6) is 0.226. The second kappa shape index (κ2) is 6.40. The van der Waals surface area contributed by atoms with Gasteiger partial charge in [-0.25, -0.2) is 0 Å². The minimum atomic E-state index is 0.226. The highest BCUT2D eigenvalue weighted by molar-refractivity contribution is 5.77. The number of fused-ring (bicyclic) bond motifs is 1. The predicted octanol–water partition coefficient (Wildman–Crippen LogP) is 1.25. The summed E-state index contributed by atoms with van der Waals surface area (Å²) in [6, 6.07) is 8.79. The van der Waals surface area contributed by atoms with Gasteiger partial charge in [0.1, 0.15) is 0 Å². The van der Waals surface area contributed by atoms with Gasteiger partial charge in [0.25, 0.3) is 5.91 Å². The van der Waals surface area contributed by atoms with E-state index in [1.165, 1.54) is 41.7 Å². The molecule has 20 heavy (non-hydrogen) atoms. The van der Waals surface area contributed by atoms with Crippen molar-refractivity contribution in [3.63, 3.8) is 0 Å². The number of benzene rings is 1. The summed E-state index contributed by atoms with van der Waals surface area (Å²) in [6.45, 7) is 2.97. The first-order valence-corrected chi connectivity index (χ1v) is 8.03. The molecule has 0 unspecified atom stereocenters. The van der Waals surface area contributed by atoms with Gasteiger partial charge in [-0.15, -0.1) is 0 Å². The summed E-state index contributed by atoms with van der Waals surface area (Å²) in [6.07, 6.45) is 7.29. The first kappa shape index (κ1) is 13.6. The molecule has 1 saturated heterocycles. The van der Waals surface area contributed by atoms with Crippen LogP contribution in [0.15, 0.2) is 24.3 Å². The van der Waals surface area contributed by atoms with Crippen LogP contribution in [0.4, 0.5) is 0 Å². The fourth-order valence-corrected chi connectivity index (χ4v) is 3.60. The van der Waals surface area contributed by atoms with E-state index in [-0.39, 0.29) is 11.9 Å². The molecule has 1 heterocycles. The lowest BCUT2D eigenvalue weighted by Gasteiger charge is -2.28. The molecule has 1 aromatic carbocycles. The highest BCUT2D eigenvalue weighted by atomic mass is 16.2. The molecule has 108 valence electrons. The smallest absolute Gasteiger partial charge is 0.275 e.